The molecule has 4 aromatic heterocycles. The highest BCUT2D eigenvalue weighted by Gasteiger charge is 2.49. The van der Waals surface area contributed by atoms with Crippen molar-refractivity contribution in [2.45, 2.75) is 49.1 Å². The van der Waals surface area contributed by atoms with Crippen molar-refractivity contribution in [3.63, 3.8) is 0 Å². The van der Waals surface area contributed by atoms with Crippen LogP contribution in [0.4, 0.5) is 11.9 Å². The Labute approximate surface area is 292 Å². The number of nitrogens with zero attached hydrogens (tertiary/aromatic N) is 6. The van der Waals surface area contributed by atoms with Crippen molar-refractivity contribution in [3.8, 4) is 0 Å². The number of nitrogens with one attached hydrogen (secondary N) is 2. The molecule has 286 valence electrons. The van der Waals surface area contributed by atoms with Gasteiger partial charge in [0.05, 0.1) is 26.6 Å². The number of nitrogen functional groups attached to an aromatic ring is 2. The summed E-state index contributed by atoms with van der Waals surface area (Å²) in [6.07, 6.45) is -10.5. The number of aliphatic hydroxyl groups is 4. The summed E-state index contributed by atoms with van der Waals surface area (Å²) in [5.74, 6) is -0.550. The Morgan fingerprint density at radius 2 is 1.46 bits per heavy atom. The Bertz CT molecular complexity index is 2280. The minimum Gasteiger partial charge on any atom is -0.387 e. The van der Waals surface area contributed by atoms with E-state index in [9.17, 15) is 53.8 Å². The number of ether oxygens (including phenoxy) is 2. The molecule has 31 heteroatoms. The van der Waals surface area contributed by atoms with E-state index in [1.807, 2.05) is 0 Å². The molecule has 52 heavy (non-hydrogen) atoms. The standard InChI is InChI=1S/C21H29N10O17P3S/c1-29-5-31(15-9(29)17(37)28-21(23)26-15)19-13(35)11(33)7(46-19)3-44-50(40,41)48-51(42,52)47-49(38,39)43-2-6-10(32)12(34)18(45-6)30-4-24-8-14(30)25-20(22)27-16(8)36/h4-7,10-13,18-19,32-35H,2-3H2,1H3,(H8-,22,23,25,26,27,28,36,37,38,39,40,41,42,52)/p+1/t6-,7-,10-,11-,12-,13-,18-,19-,51?/m1/s1. The second-order valence-corrected chi connectivity index (χ2v) is 17.3. The van der Waals surface area contributed by atoms with E-state index in [2.05, 4.69) is 45.3 Å². The van der Waals surface area contributed by atoms with Crippen LogP contribution in [-0.2, 0) is 55.1 Å². The van der Waals surface area contributed by atoms with Crippen molar-refractivity contribution in [1.29, 1.82) is 0 Å². The molecule has 0 bridgehead atoms. The molecule has 0 saturated carbocycles. The SMILES string of the molecule is Cn1c[n+]([C@@H]2O[C@H](COP(=O)(O)OP(O)(=S)OP(=O)(O)OC[C@H]3O[C@@H](n4cnc5c(=O)[nH]c(N)nc54)[C@H](O)[C@@H]3O)[C@@H](O)[C@H]2O)c2nc(N)[nH]c(=O)c21. The number of aromatic amines is 2. The third-order valence-corrected chi connectivity index (χ3v) is 13.1. The number of hydrogen-bond donors (Lipinski definition) is 11. The number of aromatic nitrogens is 8. The van der Waals surface area contributed by atoms with Crippen molar-refractivity contribution in [1.82, 2.24) is 34.1 Å². The maximum atomic E-state index is 12.6. The summed E-state index contributed by atoms with van der Waals surface area (Å²) >= 11 is 4.56. The van der Waals surface area contributed by atoms with Gasteiger partial charge in [0.15, 0.2) is 23.7 Å². The number of aliphatic hydroxyl groups excluding tert-OH is 4. The molecule has 3 unspecified atom stereocenters. The van der Waals surface area contributed by atoms with Crippen LogP contribution >= 0.6 is 22.4 Å². The fourth-order valence-corrected chi connectivity index (χ4v) is 10.5. The second-order valence-electron chi connectivity index (χ2n) is 11.3. The quantitative estimate of drug-likeness (QED) is 0.0474. The fourth-order valence-electron chi connectivity index (χ4n) is 5.44. The molecule has 27 nitrogen and oxygen atoms in total. The van der Waals surface area contributed by atoms with Crippen molar-refractivity contribution < 1.29 is 75.9 Å². The average Bonchev–Trinajstić information content (AvgIpc) is 3.74. The fraction of sp³-hybridized carbons (Fsp3) is 0.524. The van der Waals surface area contributed by atoms with Gasteiger partial charge in [0.1, 0.15) is 36.6 Å². The maximum absolute atomic E-state index is 12.6. The van der Waals surface area contributed by atoms with Crippen LogP contribution in [0.15, 0.2) is 22.2 Å². The van der Waals surface area contributed by atoms with Gasteiger partial charge in [-0.05, 0) is 11.8 Å². The number of rotatable bonds is 12. The molecule has 0 radical (unpaired) electrons. The lowest BCUT2D eigenvalue weighted by atomic mass is 10.1. The highest BCUT2D eigenvalue weighted by atomic mass is 32.5. The second kappa shape index (κ2) is 13.9. The minimum absolute atomic E-state index is 0.0330. The van der Waals surface area contributed by atoms with Gasteiger partial charge < -0.3 is 56.0 Å². The first-order chi connectivity index (χ1) is 24.2. The molecule has 2 aliphatic rings. The predicted molar refractivity (Wildman–Crippen MR) is 171 cm³/mol. The van der Waals surface area contributed by atoms with Gasteiger partial charge in [-0.15, -0.1) is 0 Å². The van der Waals surface area contributed by atoms with E-state index in [0.29, 0.717) is 0 Å². The van der Waals surface area contributed by atoms with Gasteiger partial charge in [0, 0.05) is 0 Å². The molecule has 6 rings (SSSR count). The number of phosphoric ester groups is 2. The molecule has 11 atom stereocenters. The first-order valence-corrected chi connectivity index (χ1v) is 20.0. The number of phosphoric acid groups is 2. The first kappa shape index (κ1) is 38.6. The van der Waals surface area contributed by atoms with E-state index in [1.165, 1.54) is 22.5 Å². The minimum atomic E-state index is -5.48. The Kier molecular flexibility index (Phi) is 10.4. The lowest BCUT2D eigenvalue weighted by Crippen LogP contribution is -2.46. The highest BCUT2D eigenvalue weighted by molar-refractivity contribution is 8.09. The van der Waals surface area contributed by atoms with Crippen LogP contribution in [0.5, 0.6) is 0 Å². The summed E-state index contributed by atoms with van der Waals surface area (Å²) in [7, 11) is -9.48. The number of nitrogens with two attached hydrogens (primary N) is 2. The summed E-state index contributed by atoms with van der Waals surface area (Å²) in [6, 6.07) is 0. The normalized spacial score (nSPS) is 30.1. The summed E-state index contributed by atoms with van der Waals surface area (Å²) in [6.45, 7) is -7.16. The zero-order chi connectivity index (χ0) is 38.1. The number of imidazole rings is 2. The van der Waals surface area contributed by atoms with Crippen LogP contribution in [0.2, 0.25) is 0 Å². The molecule has 0 aliphatic carbocycles. The molecule has 6 heterocycles. The number of fused-ring (bicyclic) bond motifs is 2. The van der Waals surface area contributed by atoms with Gasteiger partial charge in [-0.1, -0.05) is 4.98 Å². The monoisotopic (exact) mass is 819 g/mol. The molecule has 2 fully saturated rings. The Hall–Kier alpha value is -3.11. The Morgan fingerprint density at radius 1 is 0.904 bits per heavy atom. The molecular formula is C21H30N10O17P3S+. The van der Waals surface area contributed by atoms with Gasteiger partial charge in [0.2, 0.25) is 17.7 Å². The summed E-state index contributed by atoms with van der Waals surface area (Å²) in [4.78, 5) is 71.4. The molecule has 2 saturated heterocycles. The summed E-state index contributed by atoms with van der Waals surface area (Å²) in [5.41, 5.74) is 9.55. The smallest absolute Gasteiger partial charge is 0.387 e. The molecule has 4 aromatic rings. The van der Waals surface area contributed by atoms with E-state index >= 15 is 0 Å². The van der Waals surface area contributed by atoms with E-state index in [4.69, 9.17) is 30.0 Å². The van der Waals surface area contributed by atoms with E-state index in [1.54, 1.807) is 0 Å². The van der Waals surface area contributed by atoms with Crippen LogP contribution < -0.4 is 27.2 Å². The lowest BCUT2D eigenvalue weighted by Gasteiger charge is -2.23. The van der Waals surface area contributed by atoms with Gasteiger partial charge in [-0.2, -0.15) is 4.98 Å². The molecule has 0 aromatic carbocycles. The topological polar surface area (TPSA) is 401 Å². The highest BCUT2D eigenvalue weighted by Crippen LogP contribution is 2.68. The maximum Gasteiger partial charge on any atom is 0.479 e. The van der Waals surface area contributed by atoms with Crippen LogP contribution in [-0.4, -0.2) is 119 Å². The Balaban J connectivity index is 1.05. The average molecular weight is 820 g/mol. The number of anilines is 2. The zero-order valence-electron chi connectivity index (χ0n) is 26.0. The van der Waals surface area contributed by atoms with Crippen LogP contribution in [0.1, 0.15) is 12.5 Å². The van der Waals surface area contributed by atoms with Crippen LogP contribution in [0.3, 0.4) is 0 Å². The van der Waals surface area contributed by atoms with Crippen molar-refractivity contribution in [3.05, 3.63) is 33.4 Å². The number of aryl methyl sites for hydroxylation is 1. The van der Waals surface area contributed by atoms with Crippen molar-refractivity contribution >= 4 is 68.4 Å². The largest absolute Gasteiger partial charge is 0.479 e. The molecule has 2 aliphatic heterocycles. The van der Waals surface area contributed by atoms with E-state index in [0.717, 1.165) is 10.9 Å². The lowest BCUT2D eigenvalue weighted by molar-refractivity contribution is -0.745. The third kappa shape index (κ3) is 7.61. The number of hydrogen-bond acceptors (Lipinski definition) is 20. The molecule has 13 N–H and O–H groups in total. The molecule has 0 amide bonds. The summed E-state index contributed by atoms with van der Waals surface area (Å²) < 4.78 is 58.2. The van der Waals surface area contributed by atoms with Crippen LogP contribution in [0.25, 0.3) is 22.3 Å². The zero-order valence-corrected chi connectivity index (χ0v) is 29.5. The number of H-pyrrole nitrogens is 2. The van der Waals surface area contributed by atoms with E-state index in [-0.39, 0.29) is 34.2 Å². The third-order valence-electron chi connectivity index (χ3n) is 7.68. The van der Waals surface area contributed by atoms with Gasteiger partial charge in [0.25, 0.3) is 17.1 Å². The van der Waals surface area contributed by atoms with Crippen molar-refractivity contribution in [2.75, 3.05) is 24.7 Å². The van der Waals surface area contributed by atoms with Gasteiger partial charge in [-0.3, -0.25) is 37.7 Å². The van der Waals surface area contributed by atoms with Gasteiger partial charge in [-0.25, -0.2) is 27.3 Å². The van der Waals surface area contributed by atoms with Crippen molar-refractivity contribution in [2.24, 2.45) is 7.05 Å². The van der Waals surface area contributed by atoms with E-state index < -0.39 is 95.8 Å². The molecular weight excluding hydrogens is 789 g/mol. The Morgan fingerprint density at radius 3 is 2.10 bits per heavy atom. The predicted octanol–water partition coefficient (Wildman–Crippen LogP) is -4.43. The summed E-state index contributed by atoms with van der Waals surface area (Å²) in [5, 5.41) is 42.2. The molecule has 0 spiro atoms. The van der Waals surface area contributed by atoms with Gasteiger partial charge >= 0.3 is 28.0 Å². The van der Waals surface area contributed by atoms with Crippen LogP contribution in [0, 0.1) is 0 Å². The first-order valence-electron chi connectivity index (χ1n) is 14.4.